The standard InChI is InChI=1S/C29H23F7N4O5/c1-3-16(28(31,32)33)9-10-39(14-41)25-18-11-17(7-8-20(18)30)45-22-6-4-5-15(2)24(22)40-13-19(26(38-40)29(34,35)36)21(12-23(42)43)37-27(25)44/h3-11,13-14,21,25H,12H2,1-2H3,(H,37,44)(H,42,43)/b10-9-,16-3+/t21-,25?/m0/s1. The van der Waals surface area contributed by atoms with E-state index in [1.807, 2.05) is 0 Å². The Kier molecular flexibility index (Phi) is 9.07. The van der Waals surface area contributed by atoms with Crippen LogP contribution in [0.2, 0.25) is 0 Å². The minimum Gasteiger partial charge on any atom is -0.481 e. The van der Waals surface area contributed by atoms with Crippen LogP contribution in [0.15, 0.2) is 66.5 Å². The van der Waals surface area contributed by atoms with Crippen molar-refractivity contribution in [2.45, 2.75) is 44.7 Å². The molecule has 238 valence electrons. The molecule has 0 saturated heterocycles. The number of fused-ring (bicyclic) bond motifs is 6. The van der Waals surface area contributed by atoms with E-state index in [1.165, 1.54) is 25.1 Å². The van der Waals surface area contributed by atoms with Gasteiger partial charge in [0, 0.05) is 23.5 Å². The van der Waals surface area contributed by atoms with Crippen molar-refractivity contribution in [1.82, 2.24) is 20.0 Å². The minimum absolute atomic E-state index is 0.000178. The smallest absolute Gasteiger partial charge is 0.435 e. The van der Waals surface area contributed by atoms with Crippen molar-refractivity contribution in [3.63, 3.8) is 0 Å². The Morgan fingerprint density at radius 1 is 1.16 bits per heavy atom. The highest BCUT2D eigenvalue weighted by Crippen LogP contribution is 2.39. The second-order valence-electron chi connectivity index (χ2n) is 9.75. The first-order valence-electron chi connectivity index (χ1n) is 13.0. The van der Waals surface area contributed by atoms with E-state index >= 15 is 4.39 Å². The summed E-state index contributed by atoms with van der Waals surface area (Å²) in [6, 6.07) is 3.25. The van der Waals surface area contributed by atoms with Crippen LogP contribution >= 0.6 is 0 Å². The van der Waals surface area contributed by atoms with Crippen LogP contribution in [0.4, 0.5) is 30.7 Å². The van der Waals surface area contributed by atoms with Crippen LogP contribution < -0.4 is 10.1 Å². The summed E-state index contributed by atoms with van der Waals surface area (Å²) in [5, 5.41) is 15.3. The molecule has 2 aromatic carbocycles. The monoisotopic (exact) mass is 640 g/mol. The molecule has 0 spiro atoms. The van der Waals surface area contributed by atoms with Crippen LogP contribution in [0.3, 0.4) is 0 Å². The predicted molar refractivity (Wildman–Crippen MR) is 143 cm³/mol. The molecule has 2 atom stereocenters. The number of ether oxygens (including phenoxy) is 1. The molecule has 1 aromatic heterocycles. The second-order valence-corrected chi connectivity index (χ2v) is 9.75. The third-order valence-corrected chi connectivity index (χ3v) is 6.73. The van der Waals surface area contributed by atoms with Gasteiger partial charge in [-0.1, -0.05) is 18.2 Å². The molecule has 4 bridgehead atoms. The number of para-hydroxylation sites is 1. The van der Waals surface area contributed by atoms with E-state index in [9.17, 15) is 45.8 Å². The quantitative estimate of drug-likeness (QED) is 0.186. The number of carboxylic acids is 1. The van der Waals surface area contributed by atoms with Crippen molar-refractivity contribution in [2.24, 2.45) is 0 Å². The molecule has 0 fully saturated rings. The van der Waals surface area contributed by atoms with E-state index in [2.05, 4.69) is 10.4 Å². The van der Waals surface area contributed by atoms with Gasteiger partial charge in [-0.3, -0.25) is 14.4 Å². The lowest BCUT2D eigenvalue weighted by Gasteiger charge is -2.28. The van der Waals surface area contributed by atoms with E-state index in [-0.39, 0.29) is 23.6 Å². The number of hydrogen-bond donors (Lipinski definition) is 2. The summed E-state index contributed by atoms with van der Waals surface area (Å²) >= 11 is 0. The van der Waals surface area contributed by atoms with Gasteiger partial charge in [-0.2, -0.15) is 31.4 Å². The van der Waals surface area contributed by atoms with Gasteiger partial charge in [0.1, 0.15) is 23.3 Å². The van der Waals surface area contributed by atoms with Crippen molar-refractivity contribution in [3.05, 3.63) is 94.7 Å². The van der Waals surface area contributed by atoms with Crippen molar-refractivity contribution < 1.29 is 55.0 Å². The van der Waals surface area contributed by atoms with E-state index in [1.54, 1.807) is 0 Å². The van der Waals surface area contributed by atoms with Gasteiger partial charge >= 0.3 is 18.3 Å². The summed E-state index contributed by atoms with van der Waals surface area (Å²) in [4.78, 5) is 38.0. The molecular formula is C29H23F7N4O5. The lowest BCUT2D eigenvalue weighted by Crippen LogP contribution is -2.41. The van der Waals surface area contributed by atoms with Gasteiger partial charge in [-0.25, -0.2) is 9.07 Å². The molecule has 16 heteroatoms. The zero-order valence-electron chi connectivity index (χ0n) is 23.3. The zero-order valence-corrected chi connectivity index (χ0v) is 23.3. The number of rotatable bonds is 6. The molecule has 45 heavy (non-hydrogen) atoms. The van der Waals surface area contributed by atoms with Crippen molar-refractivity contribution in [2.75, 3.05) is 0 Å². The number of allylic oxidation sites excluding steroid dienone is 3. The number of amides is 2. The van der Waals surface area contributed by atoms with Gasteiger partial charge in [-0.15, -0.1) is 0 Å². The Morgan fingerprint density at radius 3 is 2.47 bits per heavy atom. The van der Waals surface area contributed by atoms with E-state index in [0.29, 0.717) is 28.8 Å². The molecule has 0 saturated carbocycles. The van der Waals surface area contributed by atoms with E-state index in [4.69, 9.17) is 4.74 Å². The number of carbonyl (C=O) groups excluding carboxylic acids is 2. The lowest BCUT2D eigenvalue weighted by atomic mass is 10.00. The predicted octanol–water partition coefficient (Wildman–Crippen LogP) is 6.30. The molecule has 2 heterocycles. The first-order valence-corrected chi connectivity index (χ1v) is 13.0. The minimum atomic E-state index is -5.16. The number of halogens is 7. The van der Waals surface area contributed by atoms with Crippen molar-refractivity contribution in [1.29, 1.82) is 0 Å². The number of nitrogens with one attached hydrogen (secondary N) is 1. The highest BCUT2D eigenvalue weighted by molar-refractivity contribution is 5.86. The first kappa shape index (κ1) is 32.8. The fourth-order valence-electron chi connectivity index (χ4n) is 4.71. The number of aromatic nitrogens is 2. The zero-order chi connectivity index (χ0) is 33.3. The first-order chi connectivity index (χ1) is 21.0. The normalized spacial score (nSPS) is 17.4. The lowest BCUT2D eigenvalue weighted by molar-refractivity contribution is -0.144. The van der Waals surface area contributed by atoms with Crippen LogP contribution in [0.1, 0.15) is 47.8 Å². The average Bonchev–Trinajstić information content (AvgIpc) is 3.38. The van der Waals surface area contributed by atoms with Gasteiger partial charge < -0.3 is 20.1 Å². The summed E-state index contributed by atoms with van der Waals surface area (Å²) in [6.45, 7) is 2.59. The number of carboxylic acid groups (broad SMARTS) is 1. The molecule has 1 aliphatic heterocycles. The maximum absolute atomic E-state index is 15.3. The summed E-state index contributed by atoms with van der Waals surface area (Å²) in [5.41, 5.74) is -3.85. The van der Waals surface area contributed by atoms with Crippen molar-refractivity contribution in [3.8, 4) is 17.2 Å². The highest BCUT2D eigenvalue weighted by Gasteiger charge is 2.42. The molecule has 1 unspecified atom stereocenters. The number of hydrogen-bond acceptors (Lipinski definition) is 5. The Morgan fingerprint density at radius 2 is 1.87 bits per heavy atom. The third-order valence-electron chi connectivity index (χ3n) is 6.73. The molecule has 9 nitrogen and oxygen atoms in total. The molecule has 2 amide bonds. The van der Waals surface area contributed by atoms with Gasteiger partial charge in [0.05, 0.1) is 18.0 Å². The summed E-state index contributed by atoms with van der Waals surface area (Å²) in [6.07, 6.45) is -8.77. The maximum Gasteiger partial charge on any atom is 0.435 e. The van der Waals surface area contributed by atoms with Gasteiger partial charge in [-0.05, 0) is 49.8 Å². The van der Waals surface area contributed by atoms with Crippen LogP contribution in [0, 0.1) is 12.7 Å². The van der Waals surface area contributed by atoms with Crippen LogP contribution in [-0.2, 0) is 20.6 Å². The van der Waals surface area contributed by atoms with Gasteiger partial charge in [0.25, 0.3) is 0 Å². The molecule has 4 rings (SSSR count). The SMILES string of the molecule is C/C=C(\C=C/N(C=O)C1C(=O)N[C@@H](CC(=O)O)c2cn(nc2C(F)(F)F)-c2c(C)cccc2Oc2ccc(F)c1c2)C(F)(F)F. The van der Waals surface area contributed by atoms with Crippen LogP contribution in [-0.4, -0.2) is 44.2 Å². The maximum atomic E-state index is 15.3. The molecular weight excluding hydrogens is 617 g/mol. The number of aliphatic carboxylic acids is 1. The van der Waals surface area contributed by atoms with Crippen molar-refractivity contribution >= 4 is 18.3 Å². The van der Waals surface area contributed by atoms with Crippen LogP contribution in [0.5, 0.6) is 11.5 Å². The van der Waals surface area contributed by atoms with E-state index in [0.717, 1.165) is 36.0 Å². The third kappa shape index (κ3) is 6.99. The number of nitrogens with zero attached hydrogens (tertiary/aromatic N) is 3. The Balaban J connectivity index is 2.02. The van der Waals surface area contributed by atoms with Crippen LogP contribution in [0.25, 0.3) is 5.69 Å². The molecule has 0 radical (unpaired) electrons. The molecule has 0 aliphatic carbocycles. The Labute approximate surface area is 250 Å². The number of alkyl halides is 6. The Bertz CT molecular complexity index is 1690. The van der Waals surface area contributed by atoms with Gasteiger partial charge in [0.2, 0.25) is 12.3 Å². The van der Waals surface area contributed by atoms with E-state index < -0.39 is 70.9 Å². The average molecular weight is 641 g/mol. The molecule has 3 aromatic rings. The number of aryl methyl sites for hydroxylation is 1. The topological polar surface area (TPSA) is 114 Å². The summed E-state index contributed by atoms with van der Waals surface area (Å²) in [7, 11) is 0. The fraction of sp³-hybridized carbons (Fsp3) is 0.241. The Hall–Kier alpha value is -5.15. The highest BCUT2D eigenvalue weighted by atomic mass is 19.4. The largest absolute Gasteiger partial charge is 0.481 e. The molecule has 2 N–H and O–H groups in total. The molecule has 1 aliphatic rings. The fourth-order valence-corrected chi connectivity index (χ4v) is 4.71. The summed E-state index contributed by atoms with van der Waals surface area (Å²) in [5.74, 6) is -4.45. The second kappa shape index (κ2) is 12.5. The summed E-state index contributed by atoms with van der Waals surface area (Å²) < 4.78 is 105. The van der Waals surface area contributed by atoms with Gasteiger partial charge in [0.15, 0.2) is 11.4 Å². The number of benzene rings is 2. The number of carbonyl (C=O) groups is 3.